The van der Waals surface area contributed by atoms with Crippen molar-refractivity contribution in [1.29, 1.82) is 0 Å². The Balaban J connectivity index is 2.77. The van der Waals surface area contributed by atoms with Crippen LogP contribution in [-0.2, 0) is 4.79 Å². The molecule has 4 heteroatoms. The van der Waals surface area contributed by atoms with Crippen LogP contribution in [0.25, 0.3) is 0 Å². The molecule has 0 radical (unpaired) electrons. The van der Waals surface area contributed by atoms with Crippen molar-refractivity contribution in [3.63, 3.8) is 0 Å². The molecule has 0 bridgehead atoms. The van der Waals surface area contributed by atoms with E-state index in [1.54, 1.807) is 13.8 Å². The Morgan fingerprint density at radius 1 is 1.38 bits per heavy atom. The lowest BCUT2D eigenvalue weighted by molar-refractivity contribution is -0.130. The van der Waals surface area contributed by atoms with Crippen LogP contribution >= 0.6 is 0 Å². The van der Waals surface area contributed by atoms with Gasteiger partial charge >= 0.3 is 6.03 Å². The molecule has 0 aromatic rings. The van der Waals surface area contributed by atoms with Crippen molar-refractivity contribution in [2.24, 2.45) is 5.92 Å². The van der Waals surface area contributed by atoms with Gasteiger partial charge in [-0.3, -0.25) is 9.69 Å². The van der Waals surface area contributed by atoms with Crippen molar-refractivity contribution in [2.75, 3.05) is 6.54 Å². The summed E-state index contributed by atoms with van der Waals surface area (Å²) in [5.74, 6) is 0.176. The van der Waals surface area contributed by atoms with Gasteiger partial charge in [0, 0.05) is 6.54 Å². The summed E-state index contributed by atoms with van der Waals surface area (Å²) in [4.78, 5) is 24.2. The van der Waals surface area contributed by atoms with Crippen LogP contribution < -0.4 is 5.32 Å². The molecule has 0 aromatic carbocycles. The fraction of sp³-hybridized carbons (Fsp3) is 0.778. The van der Waals surface area contributed by atoms with E-state index >= 15 is 0 Å². The summed E-state index contributed by atoms with van der Waals surface area (Å²) in [5.41, 5.74) is -0.730. The highest BCUT2D eigenvalue weighted by Crippen LogP contribution is 2.17. The number of rotatable bonds is 2. The van der Waals surface area contributed by atoms with Gasteiger partial charge in [0.15, 0.2) is 0 Å². The Labute approximate surface area is 78.3 Å². The van der Waals surface area contributed by atoms with Gasteiger partial charge in [-0.15, -0.1) is 0 Å². The van der Waals surface area contributed by atoms with E-state index in [1.807, 2.05) is 13.8 Å². The number of hydrogen-bond donors (Lipinski definition) is 1. The Bertz CT molecular complexity index is 246. The first-order valence-electron chi connectivity index (χ1n) is 4.48. The standard InChI is InChI=1S/C9H16N2O2/c1-6(2)5-11-7(12)9(3,4)10-8(11)13/h6H,5H2,1-4H3,(H,10,13). The number of hydrogen-bond acceptors (Lipinski definition) is 2. The first kappa shape index (κ1) is 10.0. The van der Waals surface area contributed by atoms with Gasteiger partial charge in [0.2, 0.25) is 0 Å². The number of carbonyl (C=O) groups excluding carboxylic acids is 2. The van der Waals surface area contributed by atoms with Gasteiger partial charge in [0.25, 0.3) is 5.91 Å². The van der Waals surface area contributed by atoms with Crippen molar-refractivity contribution in [3.05, 3.63) is 0 Å². The Morgan fingerprint density at radius 2 is 1.92 bits per heavy atom. The summed E-state index contributed by atoms with van der Waals surface area (Å²) >= 11 is 0. The third-order valence-electron chi connectivity index (χ3n) is 1.99. The highest BCUT2D eigenvalue weighted by atomic mass is 16.2. The predicted octanol–water partition coefficient (Wildman–Crippen LogP) is 0.973. The molecule has 3 amide bonds. The topological polar surface area (TPSA) is 49.4 Å². The van der Waals surface area contributed by atoms with E-state index in [0.717, 1.165) is 0 Å². The lowest BCUT2D eigenvalue weighted by atomic mass is 10.1. The van der Waals surface area contributed by atoms with Gasteiger partial charge in [-0.25, -0.2) is 4.79 Å². The molecule has 0 aliphatic carbocycles. The number of imide groups is 1. The maximum absolute atomic E-state index is 11.6. The fourth-order valence-electron chi connectivity index (χ4n) is 1.35. The third-order valence-corrected chi connectivity index (χ3v) is 1.99. The Hall–Kier alpha value is -1.06. The molecule has 0 spiro atoms. The Morgan fingerprint density at radius 3 is 2.23 bits per heavy atom. The molecule has 0 unspecified atom stereocenters. The fourth-order valence-corrected chi connectivity index (χ4v) is 1.35. The van der Waals surface area contributed by atoms with E-state index in [0.29, 0.717) is 12.5 Å². The number of nitrogens with one attached hydrogen (secondary N) is 1. The zero-order valence-corrected chi connectivity index (χ0v) is 8.55. The minimum atomic E-state index is -0.730. The number of amides is 3. The molecule has 1 N–H and O–H groups in total. The molecular formula is C9H16N2O2. The summed E-state index contributed by atoms with van der Waals surface area (Å²) in [5, 5.41) is 2.64. The maximum atomic E-state index is 11.6. The van der Waals surface area contributed by atoms with Crippen molar-refractivity contribution in [2.45, 2.75) is 33.2 Å². The van der Waals surface area contributed by atoms with Gasteiger partial charge in [0.1, 0.15) is 5.54 Å². The zero-order valence-electron chi connectivity index (χ0n) is 8.55. The monoisotopic (exact) mass is 184 g/mol. The molecule has 1 rings (SSSR count). The van der Waals surface area contributed by atoms with E-state index in [9.17, 15) is 9.59 Å². The van der Waals surface area contributed by atoms with Crippen molar-refractivity contribution in [3.8, 4) is 0 Å². The molecule has 1 heterocycles. The van der Waals surface area contributed by atoms with Crippen molar-refractivity contribution < 1.29 is 9.59 Å². The van der Waals surface area contributed by atoms with Gasteiger partial charge in [0.05, 0.1) is 0 Å². The third kappa shape index (κ3) is 1.82. The molecule has 1 aliphatic heterocycles. The van der Waals surface area contributed by atoms with E-state index < -0.39 is 5.54 Å². The molecule has 1 saturated heterocycles. The second-order valence-corrected chi connectivity index (χ2v) is 4.36. The summed E-state index contributed by atoms with van der Waals surface area (Å²) in [6, 6.07) is -0.274. The molecule has 0 atom stereocenters. The van der Waals surface area contributed by atoms with Crippen molar-refractivity contribution >= 4 is 11.9 Å². The SMILES string of the molecule is CC(C)CN1C(=O)NC(C)(C)C1=O. The molecule has 1 fully saturated rings. The molecule has 13 heavy (non-hydrogen) atoms. The van der Waals surface area contributed by atoms with Crippen LogP contribution in [-0.4, -0.2) is 28.9 Å². The van der Waals surface area contributed by atoms with Gasteiger partial charge in [-0.2, -0.15) is 0 Å². The highest BCUT2D eigenvalue weighted by Gasteiger charge is 2.43. The van der Waals surface area contributed by atoms with Crippen LogP contribution in [0.4, 0.5) is 4.79 Å². The number of nitrogens with zero attached hydrogens (tertiary/aromatic N) is 1. The summed E-state index contributed by atoms with van der Waals surface area (Å²) < 4.78 is 0. The number of carbonyl (C=O) groups is 2. The van der Waals surface area contributed by atoms with Crippen LogP contribution in [0.1, 0.15) is 27.7 Å². The van der Waals surface area contributed by atoms with Crippen molar-refractivity contribution in [1.82, 2.24) is 10.2 Å². The average molecular weight is 184 g/mol. The van der Waals surface area contributed by atoms with E-state index in [1.165, 1.54) is 4.90 Å². The normalized spacial score (nSPS) is 21.2. The first-order chi connectivity index (χ1) is 5.84. The Kier molecular flexibility index (Phi) is 2.32. The molecular weight excluding hydrogens is 168 g/mol. The average Bonchev–Trinajstić information content (AvgIpc) is 2.12. The molecule has 0 aromatic heterocycles. The first-order valence-corrected chi connectivity index (χ1v) is 4.48. The maximum Gasteiger partial charge on any atom is 0.325 e. The smallest absolute Gasteiger partial charge is 0.324 e. The van der Waals surface area contributed by atoms with Gasteiger partial charge in [-0.1, -0.05) is 13.8 Å². The van der Waals surface area contributed by atoms with Crippen LogP contribution in [0.5, 0.6) is 0 Å². The van der Waals surface area contributed by atoms with Crippen LogP contribution in [0.2, 0.25) is 0 Å². The highest BCUT2D eigenvalue weighted by molar-refractivity contribution is 6.06. The van der Waals surface area contributed by atoms with Gasteiger partial charge < -0.3 is 5.32 Å². The lowest BCUT2D eigenvalue weighted by Gasteiger charge is -2.17. The molecule has 4 nitrogen and oxygen atoms in total. The second-order valence-electron chi connectivity index (χ2n) is 4.36. The van der Waals surface area contributed by atoms with Gasteiger partial charge in [-0.05, 0) is 19.8 Å². The summed E-state index contributed by atoms with van der Waals surface area (Å²) in [6.07, 6.45) is 0. The quantitative estimate of drug-likeness (QED) is 0.650. The van der Waals surface area contributed by atoms with Crippen LogP contribution in [0.15, 0.2) is 0 Å². The summed E-state index contributed by atoms with van der Waals surface area (Å²) in [6.45, 7) is 7.88. The zero-order chi connectivity index (χ0) is 10.2. The largest absolute Gasteiger partial charge is 0.325 e. The summed E-state index contributed by atoms with van der Waals surface area (Å²) in [7, 11) is 0. The van der Waals surface area contributed by atoms with E-state index in [-0.39, 0.29) is 11.9 Å². The van der Waals surface area contributed by atoms with E-state index in [2.05, 4.69) is 5.32 Å². The lowest BCUT2D eigenvalue weighted by Crippen LogP contribution is -2.40. The minimum absolute atomic E-state index is 0.133. The number of urea groups is 1. The minimum Gasteiger partial charge on any atom is -0.324 e. The molecule has 74 valence electrons. The van der Waals surface area contributed by atoms with Crippen LogP contribution in [0, 0.1) is 5.92 Å². The van der Waals surface area contributed by atoms with E-state index in [4.69, 9.17) is 0 Å². The molecule has 0 saturated carbocycles. The van der Waals surface area contributed by atoms with Crippen LogP contribution in [0.3, 0.4) is 0 Å². The predicted molar refractivity (Wildman–Crippen MR) is 49.2 cm³/mol. The second kappa shape index (κ2) is 3.01. The molecule has 1 aliphatic rings.